The normalized spacial score (nSPS) is 21.9. The molecule has 1 aliphatic rings. The maximum absolute atomic E-state index is 2.52. The second-order valence-electron chi connectivity index (χ2n) is 5.31. The van der Waals surface area contributed by atoms with E-state index >= 15 is 0 Å². The molecule has 0 spiro atoms. The van der Waals surface area contributed by atoms with Gasteiger partial charge in [0.2, 0.25) is 0 Å². The Morgan fingerprint density at radius 2 is 2.00 bits per heavy atom. The molecule has 1 atom stereocenters. The van der Waals surface area contributed by atoms with Crippen LogP contribution in [0.25, 0.3) is 0 Å². The maximum Gasteiger partial charge on any atom is 0.0231 e. The van der Waals surface area contributed by atoms with Crippen LogP contribution in [-0.2, 0) is 6.54 Å². The SMILES string of the molecule is CN(Cc1ccccc1)CC1CCCCN1C. The molecule has 17 heavy (non-hydrogen) atoms. The smallest absolute Gasteiger partial charge is 0.0231 e. The predicted octanol–water partition coefficient (Wildman–Crippen LogP) is 2.60. The van der Waals surface area contributed by atoms with Gasteiger partial charge in [-0.1, -0.05) is 36.8 Å². The van der Waals surface area contributed by atoms with Crippen LogP contribution in [-0.4, -0.2) is 43.0 Å². The summed E-state index contributed by atoms with van der Waals surface area (Å²) in [5.74, 6) is 0. The molecule has 1 aromatic rings. The Bertz CT molecular complexity index is 323. The highest BCUT2D eigenvalue weighted by atomic mass is 15.2. The van der Waals surface area contributed by atoms with Crippen molar-refractivity contribution < 1.29 is 0 Å². The molecular weight excluding hydrogens is 208 g/mol. The fourth-order valence-corrected chi connectivity index (χ4v) is 2.69. The van der Waals surface area contributed by atoms with E-state index in [1.807, 2.05) is 0 Å². The van der Waals surface area contributed by atoms with Gasteiger partial charge in [-0.2, -0.15) is 0 Å². The van der Waals surface area contributed by atoms with Crippen molar-refractivity contribution in [2.45, 2.75) is 31.8 Å². The third-order valence-electron chi connectivity index (χ3n) is 3.74. The lowest BCUT2D eigenvalue weighted by Crippen LogP contribution is -2.43. The van der Waals surface area contributed by atoms with Gasteiger partial charge in [0.05, 0.1) is 0 Å². The van der Waals surface area contributed by atoms with Crippen LogP contribution in [0.3, 0.4) is 0 Å². The minimum absolute atomic E-state index is 0.748. The zero-order valence-corrected chi connectivity index (χ0v) is 11.1. The molecule has 2 rings (SSSR count). The van der Waals surface area contributed by atoms with Crippen LogP contribution < -0.4 is 0 Å². The van der Waals surface area contributed by atoms with Gasteiger partial charge in [-0.15, -0.1) is 0 Å². The lowest BCUT2D eigenvalue weighted by molar-refractivity contribution is 0.138. The minimum atomic E-state index is 0.748. The average molecular weight is 232 g/mol. The Morgan fingerprint density at radius 1 is 1.24 bits per heavy atom. The predicted molar refractivity (Wildman–Crippen MR) is 73.0 cm³/mol. The summed E-state index contributed by atoms with van der Waals surface area (Å²) in [5, 5.41) is 0. The van der Waals surface area contributed by atoms with Gasteiger partial charge in [0.1, 0.15) is 0 Å². The topological polar surface area (TPSA) is 6.48 Å². The molecular formula is C15H24N2. The van der Waals surface area contributed by atoms with Gasteiger partial charge in [0, 0.05) is 19.1 Å². The highest BCUT2D eigenvalue weighted by Gasteiger charge is 2.19. The van der Waals surface area contributed by atoms with Crippen LogP contribution in [0.1, 0.15) is 24.8 Å². The number of piperidine rings is 1. The summed E-state index contributed by atoms with van der Waals surface area (Å²) in [7, 11) is 4.50. The summed E-state index contributed by atoms with van der Waals surface area (Å²) in [4.78, 5) is 4.97. The first-order chi connectivity index (χ1) is 8.25. The highest BCUT2D eigenvalue weighted by molar-refractivity contribution is 5.14. The van der Waals surface area contributed by atoms with E-state index in [1.54, 1.807) is 0 Å². The Kier molecular flexibility index (Phi) is 4.57. The standard InChI is InChI=1S/C15H24N2/c1-16(12-14-8-4-3-5-9-14)13-15-10-6-7-11-17(15)2/h3-5,8-9,15H,6-7,10-13H2,1-2H3. The highest BCUT2D eigenvalue weighted by Crippen LogP contribution is 2.16. The van der Waals surface area contributed by atoms with E-state index in [4.69, 9.17) is 0 Å². The second kappa shape index (κ2) is 6.18. The lowest BCUT2D eigenvalue weighted by atomic mass is 10.0. The van der Waals surface area contributed by atoms with Crippen molar-refractivity contribution in [2.24, 2.45) is 0 Å². The molecule has 0 radical (unpaired) electrons. The molecule has 0 saturated carbocycles. The first-order valence-corrected chi connectivity index (χ1v) is 6.68. The van der Waals surface area contributed by atoms with Gasteiger partial charge >= 0.3 is 0 Å². The number of benzene rings is 1. The van der Waals surface area contributed by atoms with Crippen LogP contribution in [0.4, 0.5) is 0 Å². The number of likely N-dealkylation sites (tertiary alicyclic amines) is 1. The van der Waals surface area contributed by atoms with Crippen molar-refractivity contribution in [3.63, 3.8) is 0 Å². The van der Waals surface area contributed by atoms with Crippen molar-refractivity contribution in [2.75, 3.05) is 27.2 Å². The molecule has 1 fully saturated rings. The van der Waals surface area contributed by atoms with Gasteiger partial charge in [0.25, 0.3) is 0 Å². The molecule has 1 aliphatic heterocycles. The summed E-state index contributed by atoms with van der Waals surface area (Å²) >= 11 is 0. The zero-order valence-electron chi connectivity index (χ0n) is 11.1. The molecule has 94 valence electrons. The largest absolute Gasteiger partial charge is 0.302 e. The molecule has 2 heteroatoms. The first kappa shape index (κ1) is 12.6. The monoisotopic (exact) mass is 232 g/mol. The van der Waals surface area contributed by atoms with Crippen molar-refractivity contribution in [1.82, 2.24) is 9.80 Å². The second-order valence-corrected chi connectivity index (χ2v) is 5.31. The van der Waals surface area contributed by atoms with Gasteiger partial charge in [-0.25, -0.2) is 0 Å². The summed E-state index contributed by atoms with van der Waals surface area (Å²) in [6, 6.07) is 11.5. The molecule has 0 aromatic heterocycles. The number of nitrogens with zero attached hydrogens (tertiary/aromatic N) is 2. The van der Waals surface area contributed by atoms with E-state index in [2.05, 4.69) is 54.2 Å². The van der Waals surface area contributed by atoms with Gasteiger partial charge in [-0.05, 0) is 39.0 Å². The van der Waals surface area contributed by atoms with Crippen molar-refractivity contribution in [3.8, 4) is 0 Å². The maximum atomic E-state index is 2.52. The Balaban J connectivity index is 1.82. The molecule has 1 heterocycles. The molecule has 0 aliphatic carbocycles. The van der Waals surface area contributed by atoms with Crippen LogP contribution in [0.5, 0.6) is 0 Å². The van der Waals surface area contributed by atoms with E-state index in [9.17, 15) is 0 Å². The average Bonchev–Trinajstić information content (AvgIpc) is 2.33. The van der Waals surface area contributed by atoms with Crippen molar-refractivity contribution in [1.29, 1.82) is 0 Å². The number of hydrogen-bond donors (Lipinski definition) is 0. The third kappa shape index (κ3) is 3.83. The fraction of sp³-hybridized carbons (Fsp3) is 0.600. The Hall–Kier alpha value is -0.860. The van der Waals surface area contributed by atoms with Crippen LogP contribution in [0, 0.1) is 0 Å². The van der Waals surface area contributed by atoms with Crippen LogP contribution in [0.15, 0.2) is 30.3 Å². The molecule has 2 nitrogen and oxygen atoms in total. The van der Waals surface area contributed by atoms with Crippen molar-refractivity contribution in [3.05, 3.63) is 35.9 Å². The van der Waals surface area contributed by atoms with E-state index < -0.39 is 0 Å². The van der Waals surface area contributed by atoms with E-state index in [1.165, 1.54) is 37.9 Å². The molecule has 1 aromatic carbocycles. The quantitative estimate of drug-likeness (QED) is 0.787. The Morgan fingerprint density at radius 3 is 2.71 bits per heavy atom. The summed E-state index contributed by atoms with van der Waals surface area (Å²) in [6.07, 6.45) is 4.12. The van der Waals surface area contributed by atoms with Gasteiger partial charge < -0.3 is 9.80 Å². The Labute approximate surface area is 105 Å². The van der Waals surface area contributed by atoms with E-state index in [0.717, 1.165) is 12.6 Å². The van der Waals surface area contributed by atoms with Gasteiger partial charge in [-0.3, -0.25) is 0 Å². The number of hydrogen-bond acceptors (Lipinski definition) is 2. The number of rotatable bonds is 4. The molecule has 1 unspecified atom stereocenters. The van der Waals surface area contributed by atoms with E-state index in [-0.39, 0.29) is 0 Å². The minimum Gasteiger partial charge on any atom is -0.302 e. The molecule has 0 amide bonds. The van der Waals surface area contributed by atoms with Crippen LogP contribution >= 0.6 is 0 Å². The van der Waals surface area contributed by atoms with Crippen molar-refractivity contribution >= 4 is 0 Å². The summed E-state index contributed by atoms with van der Waals surface area (Å²) in [6.45, 7) is 3.51. The fourth-order valence-electron chi connectivity index (χ4n) is 2.69. The molecule has 0 N–H and O–H groups in total. The summed E-state index contributed by atoms with van der Waals surface area (Å²) < 4.78 is 0. The summed E-state index contributed by atoms with van der Waals surface area (Å²) in [5.41, 5.74) is 1.41. The number of likely N-dealkylation sites (N-methyl/N-ethyl adjacent to an activating group) is 2. The van der Waals surface area contributed by atoms with Gasteiger partial charge in [0.15, 0.2) is 0 Å². The lowest BCUT2D eigenvalue weighted by Gasteiger charge is -2.35. The first-order valence-electron chi connectivity index (χ1n) is 6.68. The third-order valence-corrected chi connectivity index (χ3v) is 3.74. The van der Waals surface area contributed by atoms with E-state index in [0.29, 0.717) is 0 Å². The molecule has 0 bridgehead atoms. The molecule has 1 saturated heterocycles. The van der Waals surface area contributed by atoms with Crippen LogP contribution in [0.2, 0.25) is 0 Å². The zero-order chi connectivity index (χ0) is 12.1.